The smallest absolute Gasteiger partial charge is 0.157 e. The van der Waals surface area contributed by atoms with Gasteiger partial charge in [0.15, 0.2) is 6.29 Å². The van der Waals surface area contributed by atoms with Crippen molar-refractivity contribution in [3.8, 4) is 0 Å². The highest BCUT2D eigenvalue weighted by Crippen LogP contribution is 2.15. The molecule has 2 aliphatic rings. The van der Waals surface area contributed by atoms with E-state index in [1.807, 2.05) is 0 Å². The lowest BCUT2D eigenvalue weighted by molar-refractivity contribution is -0.165. The third kappa shape index (κ3) is 5.68. The van der Waals surface area contributed by atoms with Crippen LogP contribution in [-0.4, -0.2) is 56.6 Å². The van der Waals surface area contributed by atoms with Crippen LogP contribution in [0.5, 0.6) is 0 Å². The molecule has 0 saturated carbocycles. The van der Waals surface area contributed by atoms with Gasteiger partial charge in [0.2, 0.25) is 0 Å². The highest BCUT2D eigenvalue weighted by atomic mass is 16.7. The maximum absolute atomic E-state index is 5.87. The summed E-state index contributed by atoms with van der Waals surface area (Å²) in [5.74, 6) is 0.803. The number of rotatable bonds is 7. The van der Waals surface area contributed by atoms with Crippen LogP contribution in [0, 0.1) is 5.92 Å². The van der Waals surface area contributed by atoms with Crippen LogP contribution in [0.15, 0.2) is 0 Å². The summed E-state index contributed by atoms with van der Waals surface area (Å²) < 4.78 is 11.5. The fourth-order valence-electron chi connectivity index (χ4n) is 3.12. The molecule has 2 fully saturated rings. The zero-order valence-electron chi connectivity index (χ0n) is 13.3. The van der Waals surface area contributed by atoms with Gasteiger partial charge >= 0.3 is 0 Å². The van der Waals surface area contributed by atoms with Gasteiger partial charge in [-0.05, 0) is 65.0 Å². The molecule has 118 valence electrons. The molecular formula is C16H32N2O2. The minimum atomic E-state index is 0.0501. The molecule has 0 aliphatic carbocycles. The fourth-order valence-corrected chi connectivity index (χ4v) is 3.12. The van der Waals surface area contributed by atoms with Gasteiger partial charge in [-0.25, -0.2) is 0 Å². The van der Waals surface area contributed by atoms with Crippen molar-refractivity contribution in [2.45, 2.75) is 58.3 Å². The quantitative estimate of drug-likeness (QED) is 0.777. The molecule has 0 aromatic heterocycles. The van der Waals surface area contributed by atoms with Gasteiger partial charge < -0.3 is 14.8 Å². The Morgan fingerprint density at radius 3 is 2.80 bits per heavy atom. The van der Waals surface area contributed by atoms with E-state index in [4.69, 9.17) is 9.47 Å². The maximum Gasteiger partial charge on any atom is 0.157 e. The van der Waals surface area contributed by atoms with E-state index in [0.29, 0.717) is 6.04 Å². The molecule has 20 heavy (non-hydrogen) atoms. The van der Waals surface area contributed by atoms with E-state index in [2.05, 4.69) is 24.1 Å². The summed E-state index contributed by atoms with van der Waals surface area (Å²) in [4.78, 5) is 2.56. The summed E-state index contributed by atoms with van der Waals surface area (Å²) in [6.45, 7) is 10.8. The standard InChI is InChI=1S/C16H32N2O2/c1-14(2)18(13-15-6-5-8-17-12-15)9-11-20-16-7-3-4-10-19-16/h14-17H,3-13H2,1-2H3. The monoisotopic (exact) mass is 284 g/mol. The first-order chi connectivity index (χ1) is 9.75. The third-order valence-electron chi connectivity index (χ3n) is 4.44. The fraction of sp³-hybridized carbons (Fsp3) is 1.00. The Balaban J connectivity index is 1.65. The highest BCUT2D eigenvalue weighted by Gasteiger charge is 2.20. The molecule has 0 aromatic carbocycles. The van der Waals surface area contributed by atoms with E-state index in [1.54, 1.807) is 0 Å². The number of nitrogens with zero attached hydrogens (tertiary/aromatic N) is 1. The molecule has 2 atom stereocenters. The second-order valence-electron chi connectivity index (χ2n) is 6.47. The summed E-state index contributed by atoms with van der Waals surface area (Å²) in [6, 6.07) is 0.591. The molecule has 0 spiro atoms. The first-order valence-electron chi connectivity index (χ1n) is 8.43. The Morgan fingerprint density at radius 1 is 1.25 bits per heavy atom. The molecule has 2 rings (SSSR count). The third-order valence-corrected chi connectivity index (χ3v) is 4.44. The number of hydrogen-bond donors (Lipinski definition) is 1. The van der Waals surface area contributed by atoms with Gasteiger partial charge in [-0.3, -0.25) is 4.90 Å². The van der Waals surface area contributed by atoms with Gasteiger partial charge in [-0.15, -0.1) is 0 Å². The highest BCUT2D eigenvalue weighted by molar-refractivity contribution is 4.74. The molecule has 0 aromatic rings. The Kier molecular flexibility index (Phi) is 7.28. The predicted octanol–water partition coefficient (Wildman–Crippen LogP) is 2.24. The van der Waals surface area contributed by atoms with E-state index in [1.165, 1.54) is 45.3 Å². The molecule has 0 radical (unpaired) electrons. The van der Waals surface area contributed by atoms with Crippen LogP contribution >= 0.6 is 0 Å². The molecule has 0 amide bonds. The average molecular weight is 284 g/mol. The molecule has 2 aliphatic heterocycles. The van der Waals surface area contributed by atoms with Crippen molar-refractivity contribution in [2.75, 3.05) is 39.4 Å². The SMILES string of the molecule is CC(C)N(CCOC1CCCCO1)CC1CCCNC1. The van der Waals surface area contributed by atoms with Crippen molar-refractivity contribution in [1.82, 2.24) is 10.2 Å². The van der Waals surface area contributed by atoms with Gasteiger partial charge in [0, 0.05) is 25.7 Å². The molecule has 4 heteroatoms. The lowest BCUT2D eigenvalue weighted by Gasteiger charge is -2.33. The largest absolute Gasteiger partial charge is 0.353 e. The topological polar surface area (TPSA) is 33.7 Å². The molecule has 2 heterocycles. The van der Waals surface area contributed by atoms with Crippen LogP contribution < -0.4 is 5.32 Å². The van der Waals surface area contributed by atoms with Gasteiger partial charge in [0.1, 0.15) is 0 Å². The van der Waals surface area contributed by atoms with Crippen LogP contribution in [0.1, 0.15) is 46.0 Å². The van der Waals surface area contributed by atoms with Crippen LogP contribution in [0.2, 0.25) is 0 Å². The Bertz CT molecular complexity index is 249. The normalized spacial score (nSPS) is 28.2. The van der Waals surface area contributed by atoms with Crippen molar-refractivity contribution >= 4 is 0 Å². The summed E-state index contributed by atoms with van der Waals surface area (Å²) in [7, 11) is 0. The molecule has 2 unspecified atom stereocenters. The van der Waals surface area contributed by atoms with E-state index in [9.17, 15) is 0 Å². The van der Waals surface area contributed by atoms with Crippen molar-refractivity contribution in [2.24, 2.45) is 5.92 Å². The molecule has 4 nitrogen and oxygen atoms in total. The van der Waals surface area contributed by atoms with Crippen molar-refractivity contribution in [3.05, 3.63) is 0 Å². The van der Waals surface area contributed by atoms with Gasteiger partial charge in [0.05, 0.1) is 6.61 Å². The Labute approximate surface area is 124 Å². The minimum absolute atomic E-state index is 0.0501. The summed E-state index contributed by atoms with van der Waals surface area (Å²) >= 11 is 0. The molecule has 0 bridgehead atoms. The second kappa shape index (κ2) is 8.98. The average Bonchev–Trinajstić information content (AvgIpc) is 2.48. The van der Waals surface area contributed by atoms with Crippen molar-refractivity contribution < 1.29 is 9.47 Å². The van der Waals surface area contributed by atoms with E-state index < -0.39 is 0 Å². The summed E-state index contributed by atoms with van der Waals surface area (Å²) in [5, 5.41) is 3.51. The van der Waals surface area contributed by atoms with Gasteiger partial charge in [-0.2, -0.15) is 0 Å². The first-order valence-corrected chi connectivity index (χ1v) is 8.43. The Morgan fingerprint density at radius 2 is 2.15 bits per heavy atom. The zero-order valence-corrected chi connectivity index (χ0v) is 13.3. The van der Waals surface area contributed by atoms with Crippen LogP contribution in [0.3, 0.4) is 0 Å². The lowest BCUT2D eigenvalue weighted by Crippen LogP contribution is -2.42. The lowest BCUT2D eigenvalue weighted by atomic mass is 9.98. The zero-order chi connectivity index (χ0) is 14.2. The van der Waals surface area contributed by atoms with Gasteiger partial charge in [0.25, 0.3) is 0 Å². The van der Waals surface area contributed by atoms with E-state index in [-0.39, 0.29) is 6.29 Å². The number of nitrogens with one attached hydrogen (secondary N) is 1. The molecule has 2 saturated heterocycles. The van der Waals surface area contributed by atoms with Crippen molar-refractivity contribution in [3.63, 3.8) is 0 Å². The van der Waals surface area contributed by atoms with E-state index >= 15 is 0 Å². The summed E-state index contributed by atoms with van der Waals surface area (Å²) in [5.41, 5.74) is 0. The second-order valence-corrected chi connectivity index (χ2v) is 6.47. The summed E-state index contributed by atoms with van der Waals surface area (Å²) in [6.07, 6.45) is 6.23. The minimum Gasteiger partial charge on any atom is -0.353 e. The van der Waals surface area contributed by atoms with Crippen LogP contribution in [-0.2, 0) is 9.47 Å². The van der Waals surface area contributed by atoms with Crippen LogP contribution in [0.4, 0.5) is 0 Å². The van der Waals surface area contributed by atoms with Crippen LogP contribution in [0.25, 0.3) is 0 Å². The van der Waals surface area contributed by atoms with Crippen molar-refractivity contribution in [1.29, 1.82) is 0 Å². The Hall–Kier alpha value is -0.160. The number of hydrogen-bond acceptors (Lipinski definition) is 4. The van der Waals surface area contributed by atoms with Gasteiger partial charge in [-0.1, -0.05) is 0 Å². The van der Waals surface area contributed by atoms with E-state index in [0.717, 1.165) is 32.1 Å². The molecular weight excluding hydrogens is 252 g/mol. The number of piperidine rings is 1. The predicted molar refractivity (Wildman–Crippen MR) is 81.8 cm³/mol. The molecule has 1 N–H and O–H groups in total. The maximum atomic E-state index is 5.87. The number of ether oxygens (including phenoxy) is 2. The first kappa shape index (κ1) is 16.2.